The van der Waals surface area contributed by atoms with Gasteiger partial charge in [-0.2, -0.15) is 0 Å². The number of halogens is 1. The van der Waals surface area contributed by atoms with Crippen molar-refractivity contribution in [1.29, 1.82) is 0 Å². The van der Waals surface area contributed by atoms with E-state index in [0.29, 0.717) is 18.1 Å². The summed E-state index contributed by atoms with van der Waals surface area (Å²) in [6, 6.07) is 6.06. The number of nitrogens with one attached hydrogen (secondary N) is 2. The summed E-state index contributed by atoms with van der Waals surface area (Å²) >= 11 is 1.84. The van der Waals surface area contributed by atoms with Crippen molar-refractivity contribution in [3.05, 3.63) is 17.5 Å². The second-order valence-electron chi connectivity index (χ2n) is 7.90. The fourth-order valence-corrected chi connectivity index (χ4v) is 4.55. The monoisotopic (exact) mass is 521 g/mol. The van der Waals surface area contributed by atoms with Gasteiger partial charge in [0, 0.05) is 50.8 Å². The highest BCUT2D eigenvalue weighted by molar-refractivity contribution is 14.0. The Bertz CT molecular complexity index is 531. The van der Waals surface area contributed by atoms with Crippen LogP contribution in [0.4, 0.5) is 5.00 Å². The zero-order valence-electron chi connectivity index (χ0n) is 18.3. The van der Waals surface area contributed by atoms with Gasteiger partial charge in [0.2, 0.25) is 0 Å². The molecular formula is C21H40IN5S. The van der Waals surface area contributed by atoms with Crippen LogP contribution in [0, 0.1) is 0 Å². The first-order valence-corrected chi connectivity index (χ1v) is 11.5. The molecule has 1 aromatic heterocycles. The minimum Gasteiger partial charge on any atom is -0.363 e. The van der Waals surface area contributed by atoms with Gasteiger partial charge in [-0.05, 0) is 71.4 Å². The molecule has 7 heteroatoms. The molecule has 2 N–H and O–H groups in total. The molecule has 0 aromatic carbocycles. The molecule has 1 fully saturated rings. The lowest BCUT2D eigenvalue weighted by Gasteiger charge is -2.33. The molecule has 2 heterocycles. The lowest BCUT2D eigenvalue weighted by molar-refractivity contribution is 0.174. The second kappa shape index (κ2) is 13.6. The topological polar surface area (TPSA) is 42.9 Å². The van der Waals surface area contributed by atoms with Gasteiger partial charge in [-0.3, -0.25) is 9.89 Å². The fourth-order valence-electron chi connectivity index (χ4n) is 3.76. The predicted molar refractivity (Wildman–Crippen MR) is 136 cm³/mol. The first-order chi connectivity index (χ1) is 13.0. The number of hydrogen-bond donors (Lipinski definition) is 2. The van der Waals surface area contributed by atoms with Crippen LogP contribution in [-0.4, -0.2) is 61.7 Å². The Morgan fingerprint density at radius 1 is 1.25 bits per heavy atom. The third-order valence-corrected chi connectivity index (χ3v) is 6.10. The average Bonchev–Trinajstić information content (AvgIpc) is 3.16. The largest absolute Gasteiger partial charge is 0.363 e. The van der Waals surface area contributed by atoms with Crippen molar-refractivity contribution < 1.29 is 0 Å². The first-order valence-electron chi connectivity index (χ1n) is 10.6. The molecule has 1 aliphatic heterocycles. The lowest BCUT2D eigenvalue weighted by atomic mass is 10.1. The first kappa shape index (κ1) is 25.5. The third-order valence-electron chi connectivity index (χ3n) is 5.17. The molecule has 0 amide bonds. The molecule has 162 valence electrons. The summed E-state index contributed by atoms with van der Waals surface area (Å²) in [7, 11) is 0. The second-order valence-corrected chi connectivity index (χ2v) is 8.82. The van der Waals surface area contributed by atoms with Crippen LogP contribution in [0.1, 0.15) is 53.9 Å². The smallest absolute Gasteiger partial charge is 0.191 e. The van der Waals surface area contributed by atoms with Crippen molar-refractivity contribution >= 4 is 46.3 Å². The number of thiophene rings is 1. The Kier molecular flexibility index (Phi) is 12.4. The Morgan fingerprint density at radius 3 is 2.46 bits per heavy atom. The molecule has 0 atom stereocenters. The van der Waals surface area contributed by atoms with E-state index in [1.165, 1.54) is 5.00 Å². The number of hydrogen-bond acceptors (Lipinski definition) is 4. The van der Waals surface area contributed by atoms with Crippen LogP contribution >= 0.6 is 35.3 Å². The molecule has 0 aliphatic carbocycles. The average molecular weight is 522 g/mol. The zero-order valence-corrected chi connectivity index (χ0v) is 21.4. The summed E-state index contributed by atoms with van der Waals surface area (Å²) < 4.78 is 0. The summed E-state index contributed by atoms with van der Waals surface area (Å²) in [6.45, 7) is 16.4. The minimum atomic E-state index is 0. The van der Waals surface area contributed by atoms with E-state index < -0.39 is 0 Å². The van der Waals surface area contributed by atoms with Gasteiger partial charge in [0.25, 0.3) is 0 Å². The van der Waals surface area contributed by atoms with E-state index >= 15 is 0 Å². The van der Waals surface area contributed by atoms with Crippen LogP contribution < -0.4 is 15.5 Å². The summed E-state index contributed by atoms with van der Waals surface area (Å²) in [5.41, 5.74) is 0. The number of guanidine groups is 1. The number of nitrogens with zero attached hydrogens (tertiary/aromatic N) is 3. The summed E-state index contributed by atoms with van der Waals surface area (Å²) in [5.74, 6) is 0.979. The maximum atomic E-state index is 4.82. The van der Waals surface area contributed by atoms with E-state index in [1.807, 2.05) is 11.3 Å². The van der Waals surface area contributed by atoms with Crippen LogP contribution in [0.2, 0.25) is 0 Å². The molecular weight excluding hydrogens is 481 g/mol. The molecule has 0 radical (unpaired) electrons. The van der Waals surface area contributed by atoms with Gasteiger partial charge >= 0.3 is 0 Å². The van der Waals surface area contributed by atoms with Crippen LogP contribution in [-0.2, 0) is 0 Å². The van der Waals surface area contributed by atoms with Crippen molar-refractivity contribution in [3.63, 3.8) is 0 Å². The number of rotatable bonds is 9. The van der Waals surface area contributed by atoms with Gasteiger partial charge in [-0.25, -0.2) is 0 Å². The maximum Gasteiger partial charge on any atom is 0.191 e. The van der Waals surface area contributed by atoms with E-state index in [9.17, 15) is 0 Å². The van der Waals surface area contributed by atoms with Gasteiger partial charge in [0.15, 0.2) is 5.96 Å². The van der Waals surface area contributed by atoms with Crippen molar-refractivity contribution in [2.75, 3.05) is 37.6 Å². The van der Waals surface area contributed by atoms with Crippen LogP contribution in [0.5, 0.6) is 0 Å². The lowest BCUT2D eigenvalue weighted by Crippen LogP contribution is -2.48. The minimum absolute atomic E-state index is 0. The fraction of sp³-hybridized carbons (Fsp3) is 0.762. The quantitative estimate of drug-likeness (QED) is 0.219. The molecule has 0 bridgehead atoms. The van der Waals surface area contributed by atoms with Crippen LogP contribution in [0.3, 0.4) is 0 Å². The predicted octanol–water partition coefficient (Wildman–Crippen LogP) is 4.40. The van der Waals surface area contributed by atoms with Gasteiger partial charge < -0.3 is 15.5 Å². The zero-order chi connectivity index (χ0) is 19.6. The molecule has 0 saturated carbocycles. The van der Waals surface area contributed by atoms with Crippen molar-refractivity contribution in [3.8, 4) is 0 Å². The van der Waals surface area contributed by atoms with E-state index in [2.05, 4.69) is 72.6 Å². The van der Waals surface area contributed by atoms with Gasteiger partial charge in [0.05, 0.1) is 5.00 Å². The SMILES string of the molecule is CCNC(=NCCCN(C(C)C)C(C)C)NC1CCN(c2cccs2)CC1.I. The Balaban J connectivity index is 0.00000392. The highest BCUT2D eigenvalue weighted by atomic mass is 127. The third kappa shape index (κ3) is 8.45. The van der Waals surface area contributed by atoms with Crippen molar-refractivity contribution in [2.24, 2.45) is 4.99 Å². The summed E-state index contributed by atoms with van der Waals surface area (Å²) in [6.07, 6.45) is 3.43. The molecule has 0 spiro atoms. The molecule has 1 saturated heterocycles. The summed E-state index contributed by atoms with van der Waals surface area (Å²) in [5, 5.41) is 10.6. The van der Waals surface area contributed by atoms with Crippen LogP contribution in [0.25, 0.3) is 0 Å². The van der Waals surface area contributed by atoms with Gasteiger partial charge in [-0.15, -0.1) is 35.3 Å². The molecule has 2 rings (SSSR count). The Hall–Kier alpha value is -0.540. The maximum absolute atomic E-state index is 4.82. The normalized spacial score (nSPS) is 16.0. The van der Waals surface area contributed by atoms with E-state index in [4.69, 9.17) is 4.99 Å². The van der Waals surface area contributed by atoms with Crippen molar-refractivity contribution in [2.45, 2.75) is 72.0 Å². The Labute approximate surface area is 193 Å². The standard InChI is InChI=1S/C21H39N5S.HI/c1-6-22-21(23-12-8-13-26(17(2)3)18(4)5)24-19-10-14-25(15-11-19)20-9-7-16-27-20;/h7,9,16-19H,6,8,10-15H2,1-5H3,(H2,22,23,24);1H. The van der Waals surface area contributed by atoms with E-state index in [0.717, 1.165) is 57.9 Å². The van der Waals surface area contributed by atoms with E-state index in [-0.39, 0.29) is 24.0 Å². The van der Waals surface area contributed by atoms with Gasteiger partial charge in [0.1, 0.15) is 0 Å². The number of anilines is 1. The highest BCUT2D eigenvalue weighted by Gasteiger charge is 2.20. The molecule has 5 nitrogen and oxygen atoms in total. The van der Waals surface area contributed by atoms with Crippen LogP contribution in [0.15, 0.2) is 22.5 Å². The molecule has 1 aromatic rings. The Morgan fingerprint density at radius 2 is 1.93 bits per heavy atom. The molecule has 0 unspecified atom stereocenters. The number of aliphatic imine (C=N–C) groups is 1. The number of piperidine rings is 1. The van der Waals surface area contributed by atoms with E-state index in [1.54, 1.807) is 0 Å². The molecule has 28 heavy (non-hydrogen) atoms. The summed E-state index contributed by atoms with van der Waals surface area (Å²) in [4.78, 5) is 9.86. The van der Waals surface area contributed by atoms with Gasteiger partial charge in [-0.1, -0.05) is 0 Å². The van der Waals surface area contributed by atoms with Crippen molar-refractivity contribution in [1.82, 2.24) is 15.5 Å². The molecule has 1 aliphatic rings. The highest BCUT2D eigenvalue weighted by Crippen LogP contribution is 2.24.